The van der Waals surface area contributed by atoms with Gasteiger partial charge < -0.3 is 0 Å². The molecule has 1 saturated heterocycles. The van der Waals surface area contributed by atoms with Crippen LogP contribution in [0.4, 0.5) is 0 Å². The van der Waals surface area contributed by atoms with E-state index in [0.717, 1.165) is 49.2 Å². The van der Waals surface area contributed by atoms with Crippen molar-refractivity contribution in [3.63, 3.8) is 0 Å². The zero-order valence-corrected chi connectivity index (χ0v) is 15.8. The first-order chi connectivity index (χ1) is 12.7. The van der Waals surface area contributed by atoms with Crippen LogP contribution < -0.4 is 0 Å². The van der Waals surface area contributed by atoms with Crippen LogP contribution in [0.1, 0.15) is 54.5 Å². The van der Waals surface area contributed by atoms with Crippen molar-refractivity contribution in [2.45, 2.75) is 51.5 Å². The van der Waals surface area contributed by atoms with Crippen molar-refractivity contribution in [1.82, 2.24) is 20.0 Å². The fourth-order valence-electron chi connectivity index (χ4n) is 4.03. The highest BCUT2D eigenvalue weighted by molar-refractivity contribution is 7.09. The van der Waals surface area contributed by atoms with Crippen LogP contribution in [0.3, 0.4) is 0 Å². The number of carbonyl (C=O) groups is 1. The third-order valence-corrected chi connectivity index (χ3v) is 6.23. The Labute approximate surface area is 157 Å². The largest absolute Gasteiger partial charge is 0.272 e. The van der Waals surface area contributed by atoms with Gasteiger partial charge in [0.05, 0.1) is 29.2 Å². The topological polar surface area (TPSA) is 68.2 Å². The molecule has 1 saturated carbocycles. The zero-order valence-electron chi connectivity index (χ0n) is 15.0. The second kappa shape index (κ2) is 7.80. The van der Waals surface area contributed by atoms with Gasteiger partial charge >= 0.3 is 0 Å². The summed E-state index contributed by atoms with van der Waals surface area (Å²) in [5.41, 5.74) is 2.01. The number of rotatable bonds is 4. The Morgan fingerprint density at radius 3 is 2.81 bits per heavy atom. The van der Waals surface area contributed by atoms with Crippen molar-refractivity contribution in [1.29, 1.82) is 0 Å². The molecule has 1 aliphatic carbocycles. The molecule has 2 aliphatic rings. The number of carbonyl (C=O) groups excluding carboxylic acids is 1. The molecule has 1 atom stereocenters. The number of hydroxylamine groups is 2. The van der Waals surface area contributed by atoms with E-state index in [4.69, 9.17) is 4.84 Å². The van der Waals surface area contributed by atoms with Crippen LogP contribution >= 0.6 is 11.3 Å². The number of hydrogen-bond donors (Lipinski definition) is 0. The molecule has 1 amide bonds. The normalized spacial score (nSPS) is 26.2. The van der Waals surface area contributed by atoms with E-state index < -0.39 is 0 Å². The van der Waals surface area contributed by atoms with Crippen LogP contribution in [-0.4, -0.2) is 32.5 Å². The highest BCUT2D eigenvalue weighted by atomic mass is 32.1. The number of amides is 1. The van der Waals surface area contributed by atoms with Gasteiger partial charge in [-0.05, 0) is 44.9 Å². The quantitative estimate of drug-likeness (QED) is 0.822. The first-order valence-electron chi connectivity index (χ1n) is 9.33. The molecule has 0 bridgehead atoms. The molecule has 2 aromatic heterocycles. The van der Waals surface area contributed by atoms with Crippen LogP contribution in [0.2, 0.25) is 0 Å². The molecule has 0 N–H and O–H groups in total. The summed E-state index contributed by atoms with van der Waals surface area (Å²) >= 11 is 1.71. The van der Waals surface area contributed by atoms with Crippen molar-refractivity contribution in [3.05, 3.63) is 40.4 Å². The van der Waals surface area contributed by atoms with Crippen molar-refractivity contribution >= 4 is 17.2 Å². The van der Waals surface area contributed by atoms with Crippen LogP contribution in [0.25, 0.3) is 0 Å². The molecular formula is C19H24N4O2S. The van der Waals surface area contributed by atoms with Gasteiger partial charge in [-0.25, -0.2) is 10.0 Å². The molecule has 0 radical (unpaired) electrons. The number of hydrogen-bond acceptors (Lipinski definition) is 6. The predicted molar refractivity (Wildman–Crippen MR) is 98.2 cm³/mol. The molecule has 6 nitrogen and oxygen atoms in total. The van der Waals surface area contributed by atoms with Crippen LogP contribution in [0.15, 0.2) is 24.0 Å². The zero-order chi connectivity index (χ0) is 17.9. The summed E-state index contributed by atoms with van der Waals surface area (Å²) in [5.74, 6) is 0.803. The smallest absolute Gasteiger partial charge is 0.249 e. The number of nitrogens with zero attached hydrogens (tertiary/aromatic N) is 4. The van der Waals surface area contributed by atoms with E-state index in [9.17, 15) is 4.79 Å². The number of aromatic nitrogens is 3. The van der Waals surface area contributed by atoms with Gasteiger partial charge in [0.25, 0.3) is 0 Å². The van der Waals surface area contributed by atoms with E-state index in [1.165, 1.54) is 5.69 Å². The van der Waals surface area contributed by atoms with E-state index in [-0.39, 0.29) is 17.9 Å². The lowest BCUT2D eigenvalue weighted by atomic mass is 9.79. The summed E-state index contributed by atoms with van der Waals surface area (Å²) < 4.78 is 0. The average molecular weight is 372 g/mol. The van der Waals surface area contributed by atoms with Gasteiger partial charge in [0, 0.05) is 30.1 Å². The Hall–Kier alpha value is -1.86. The summed E-state index contributed by atoms with van der Waals surface area (Å²) in [6.07, 6.45) is 10.9. The fourth-order valence-corrected chi connectivity index (χ4v) is 4.65. The molecule has 7 heteroatoms. The fraction of sp³-hybridized carbons (Fsp3) is 0.579. The number of thiazole rings is 1. The van der Waals surface area contributed by atoms with Crippen molar-refractivity contribution in [2.75, 3.05) is 6.61 Å². The molecule has 26 heavy (non-hydrogen) atoms. The molecule has 0 spiro atoms. The van der Waals surface area contributed by atoms with E-state index in [2.05, 4.69) is 20.3 Å². The Morgan fingerprint density at radius 1 is 1.27 bits per heavy atom. The van der Waals surface area contributed by atoms with Gasteiger partial charge in [-0.2, -0.15) is 0 Å². The Balaban J connectivity index is 1.34. The summed E-state index contributed by atoms with van der Waals surface area (Å²) in [5, 5.41) is 4.86. The van der Waals surface area contributed by atoms with E-state index in [1.807, 2.05) is 6.92 Å². The van der Waals surface area contributed by atoms with Gasteiger partial charge in [0.15, 0.2) is 0 Å². The lowest BCUT2D eigenvalue weighted by Gasteiger charge is -2.31. The maximum absolute atomic E-state index is 13.0. The molecule has 0 unspecified atom stereocenters. The third kappa shape index (κ3) is 3.78. The maximum atomic E-state index is 13.0. The minimum atomic E-state index is -0.105. The van der Waals surface area contributed by atoms with Crippen LogP contribution in [0.5, 0.6) is 0 Å². The summed E-state index contributed by atoms with van der Waals surface area (Å²) in [6, 6.07) is -0.105. The van der Waals surface area contributed by atoms with E-state index in [0.29, 0.717) is 12.5 Å². The SMILES string of the molecule is Cc1nc(C[C@H]2CC[C@H](C(=O)N3OCC[C@H]3c3cnccn3)CC2)cs1. The van der Waals surface area contributed by atoms with Gasteiger partial charge in [0.2, 0.25) is 5.91 Å². The van der Waals surface area contributed by atoms with Crippen LogP contribution in [-0.2, 0) is 16.1 Å². The van der Waals surface area contributed by atoms with Crippen molar-refractivity contribution in [3.8, 4) is 0 Å². The lowest BCUT2D eigenvalue weighted by Crippen LogP contribution is -2.37. The van der Waals surface area contributed by atoms with Crippen LogP contribution in [0, 0.1) is 18.8 Å². The average Bonchev–Trinajstić information content (AvgIpc) is 3.32. The molecule has 0 aromatic carbocycles. The number of aryl methyl sites for hydroxylation is 1. The Morgan fingerprint density at radius 2 is 2.12 bits per heavy atom. The first kappa shape index (κ1) is 17.5. The van der Waals surface area contributed by atoms with E-state index >= 15 is 0 Å². The first-order valence-corrected chi connectivity index (χ1v) is 10.2. The van der Waals surface area contributed by atoms with Gasteiger partial charge in [-0.1, -0.05) is 0 Å². The van der Waals surface area contributed by atoms with Gasteiger partial charge in [0.1, 0.15) is 6.04 Å². The highest BCUT2D eigenvalue weighted by Gasteiger charge is 2.37. The summed E-state index contributed by atoms with van der Waals surface area (Å²) in [7, 11) is 0. The van der Waals surface area contributed by atoms with Crippen molar-refractivity contribution < 1.29 is 9.63 Å². The Bertz CT molecular complexity index is 743. The minimum absolute atomic E-state index is 0.0562. The molecule has 2 aromatic rings. The molecule has 1 aliphatic heterocycles. The molecule has 138 valence electrons. The minimum Gasteiger partial charge on any atom is -0.272 e. The molecule has 3 heterocycles. The lowest BCUT2D eigenvalue weighted by molar-refractivity contribution is -0.183. The summed E-state index contributed by atoms with van der Waals surface area (Å²) in [4.78, 5) is 31.7. The van der Waals surface area contributed by atoms with Gasteiger partial charge in [-0.15, -0.1) is 11.3 Å². The molecule has 4 rings (SSSR count). The second-order valence-corrected chi connectivity index (χ2v) is 8.27. The maximum Gasteiger partial charge on any atom is 0.249 e. The summed E-state index contributed by atoms with van der Waals surface area (Å²) in [6.45, 7) is 2.61. The predicted octanol–water partition coefficient (Wildman–Crippen LogP) is 3.50. The van der Waals surface area contributed by atoms with Crippen molar-refractivity contribution in [2.24, 2.45) is 11.8 Å². The molecular weight excluding hydrogens is 348 g/mol. The monoisotopic (exact) mass is 372 g/mol. The standard InChI is InChI=1S/C19H24N4O2S/c1-13-22-16(12-26-13)10-14-2-4-15(5-3-14)19(24)23-18(6-9-25-23)17-11-20-7-8-21-17/h7-8,11-12,14-15,18H,2-6,9-10H2,1H3/t14-,15-,18-/m0/s1. The highest BCUT2D eigenvalue weighted by Crippen LogP contribution is 2.36. The van der Waals surface area contributed by atoms with Gasteiger partial charge in [-0.3, -0.25) is 19.6 Å². The second-order valence-electron chi connectivity index (χ2n) is 7.21. The Kier molecular flexibility index (Phi) is 5.26. The third-order valence-electron chi connectivity index (χ3n) is 5.41. The van der Waals surface area contributed by atoms with E-state index in [1.54, 1.807) is 35.0 Å². The molecule has 2 fully saturated rings.